The minimum absolute atomic E-state index is 0.0209. The lowest BCUT2D eigenvalue weighted by atomic mass is 10.1. The first-order valence-corrected chi connectivity index (χ1v) is 8.70. The minimum atomic E-state index is -1.64. The van der Waals surface area contributed by atoms with E-state index in [-0.39, 0.29) is 18.6 Å². The van der Waals surface area contributed by atoms with Gasteiger partial charge in [-0.25, -0.2) is 4.79 Å². The van der Waals surface area contributed by atoms with Crippen LogP contribution in [0.5, 0.6) is 0 Å². The molecular formula is C14H25N5O8S. The quantitative estimate of drug-likeness (QED) is 0.129. The first kappa shape index (κ1) is 25.6. The molecule has 10 N–H and O–H groups in total. The highest BCUT2D eigenvalue weighted by molar-refractivity contribution is 7.80. The van der Waals surface area contributed by atoms with Crippen molar-refractivity contribution in [2.75, 3.05) is 19.0 Å². The number of primary amides is 1. The van der Waals surface area contributed by atoms with E-state index in [1.165, 1.54) is 0 Å². The first-order valence-electron chi connectivity index (χ1n) is 8.07. The van der Waals surface area contributed by atoms with Crippen molar-refractivity contribution in [1.82, 2.24) is 16.0 Å². The highest BCUT2D eigenvalue weighted by Gasteiger charge is 2.29. The van der Waals surface area contributed by atoms with Crippen LogP contribution in [0.2, 0.25) is 0 Å². The highest BCUT2D eigenvalue weighted by Crippen LogP contribution is 2.00. The Bertz CT molecular complexity index is 590. The Kier molecular flexibility index (Phi) is 11.8. The molecule has 4 atom stereocenters. The van der Waals surface area contributed by atoms with Gasteiger partial charge in [-0.2, -0.15) is 12.6 Å². The van der Waals surface area contributed by atoms with Crippen LogP contribution in [0.4, 0.5) is 0 Å². The van der Waals surface area contributed by atoms with E-state index in [0.717, 1.165) is 0 Å². The molecule has 0 rings (SSSR count). The normalized spacial score (nSPS) is 14.9. The van der Waals surface area contributed by atoms with E-state index < -0.39 is 67.0 Å². The zero-order chi connectivity index (χ0) is 21.9. The average Bonchev–Trinajstić information content (AvgIpc) is 2.65. The summed E-state index contributed by atoms with van der Waals surface area (Å²) in [5.41, 5.74) is 10.5. The van der Waals surface area contributed by atoms with E-state index in [1.54, 1.807) is 0 Å². The molecule has 0 bridgehead atoms. The number of aliphatic carboxylic acids is 1. The van der Waals surface area contributed by atoms with Crippen molar-refractivity contribution in [3.8, 4) is 0 Å². The van der Waals surface area contributed by atoms with Crippen molar-refractivity contribution in [3.05, 3.63) is 0 Å². The van der Waals surface area contributed by atoms with Crippen molar-refractivity contribution in [1.29, 1.82) is 0 Å². The van der Waals surface area contributed by atoms with Crippen LogP contribution >= 0.6 is 12.6 Å². The zero-order valence-electron chi connectivity index (χ0n) is 14.8. The van der Waals surface area contributed by atoms with E-state index in [9.17, 15) is 29.1 Å². The number of carbonyl (C=O) groups is 5. The third-order valence-corrected chi connectivity index (χ3v) is 3.85. The van der Waals surface area contributed by atoms with E-state index >= 15 is 0 Å². The van der Waals surface area contributed by atoms with Gasteiger partial charge in [0.15, 0.2) is 0 Å². The SMILES string of the molecule is NC(=O)CCC(NC(=O)C(CO)NC(=O)C(N)CS)C(=O)NC(CO)C(=O)O. The Morgan fingerprint density at radius 2 is 1.32 bits per heavy atom. The van der Waals surface area contributed by atoms with Crippen LogP contribution in [0, 0.1) is 0 Å². The number of aliphatic hydroxyl groups is 2. The van der Waals surface area contributed by atoms with Crippen LogP contribution in [-0.4, -0.2) is 88.1 Å². The van der Waals surface area contributed by atoms with Crippen LogP contribution in [0.3, 0.4) is 0 Å². The van der Waals surface area contributed by atoms with E-state index in [1.807, 2.05) is 5.32 Å². The minimum Gasteiger partial charge on any atom is -0.480 e. The summed E-state index contributed by atoms with van der Waals surface area (Å²) in [6.07, 6.45) is -0.608. The number of carbonyl (C=O) groups excluding carboxylic acids is 4. The molecule has 13 nitrogen and oxygen atoms in total. The predicted octanol–water partition coefficient (Wildman–Crippen LogP) is -4.97. The number of hydrogen-bond donors (Lipinski definition) is 9. The summed E-state index contributed by atoms with van der Waals surface area (Å²) in [6.45, 7) is -1.73. The van der Waals surface area contributed by atoms with Crippen molar-refractivity contribution < 1.29 is 39.3 Å². The van der Waals surface area contributed by atoms with Gasteiger partial charge >= 0.3 is 5.97 Å². The Morgan fingerprint density at radius 3 is 1.75 bits per heavy atom. The number of hydrogen-bond acceptors (Lipinski definition) is 9. The topological polar surface area (TPSA) is 234 Å². The molecule has 0 heterocycles. The molecule has 4 amide bonds. The number of amides is 4. The lowest BCUT2D eigenvalue weighted by Crippen LogP contribution is -2.58. The van der Waals surface area contributed by atoms with Gasteiger partial charge in [-0.15, -0.1) is 0 Å². The second-order valence-electron chi connectivity index (χ2n) is 5.68. The molecule has 0 aliphatic rings. The molecule has 160 valence electrons. The fourth-order valence-electron chi connectivity index (χ4n) is 1.84. The van der Waals surface area contributed by atoms with Crippen molar-refractivity contribution in [2.24, 2.45) is 11.5 Å². The van der Waals surface area contributed by atoms with Gasteiger partial charge in [0.2, 0.25) is 23.6 Å². The van der Waals surface area contributed by atoms with Crippen molar-refractivity contribution in [3.63, 3.8) is 0 Å². The molecule has 0 aromatic carbocycles. The Labute approximate surface area is 165 Å². The van der Waals surface area contributed by atoms with Crippen molar-refractivity contribution >= 4 is 42.2 Å². The molecule has 0 aliphatic carbocycles. The summed E-state index contributed by atoms with van der Waals surface area (Å²) < 4.78 is 0. The predicted molar refractivity (Wildman–Crippen MR) is 97.9 cm³/mol. The first-order chi connectivity index (χ1) is 13.1. The lowest BCUT2D eigenvalue weighted by Gasteiger charge is -2.23. The number of thiol groups is 1. The molecular weight excluding hydrogens is 398 g/mol. The summed E-state index contributed by atoms with van der Waals surface area (Å²) >= 11 is 3.83. The molecule has 0 saturated carbocycles. The third kappa shape index (κ3) is 8.98. The Balaban J connectivity index is 5.20. The molecule has 14 heteroatoms. The number of carboxylic acid groups (broad SMARTS) is 1. The summed E-state index contributed by atoms with van der Waals surface area (Å²) in [6, 6.07) is -5.56. The molecule has 0 radical (unpaired) electrons. The number of aliphatic hydroxyl groups excluding tert-OH is 2. The van der Waals surface area contributed by atoms with Gasteiger partial charge < -0.3 is 42.7 Å². The summed E-state index contributed by atoms with van der Waals surface area (Å²) in [4.78, 5) is 58.1. The third-order valence-electron chi connectivity index (χ3n) is 3.46. The fraction of sp³-hybridized carbons (Fsp3) is 0.643. The van der Waals surface area contributed by atoms with Gasteiger partial charge in [-0.3, -0.25) is 19.2 Å². The van der Waals surface area contributed by atoms with Gasteiger partial charge in [0.1, 0.15) is 18.1 Å². The van der Waals surface area contributed by atoms with Gasteiger partial charge in [0.05, 0.1) is 19.3 Å². The largest absolute Gasteiger partial charge is 0.480 e. The monoisotopic (exact) mass is 423 g/mol. The Hall–Kier alpha value is -2.42. The number of nitrogens with one attached hydrogen (secondary N) is 3. The van der Waals surface area contributed by atoms with Gasteiger partial charge in [-0.05, 0) is 6.42 Å². The number of rotatable bonds is 13. The van der Waals surface area contributed by atoms with Crippen LogP contribution in [0.15, 0.2) is 0 Å². The molecule has 0 aliphatic heterocycles. The summed E-state index contributed by atoms with van der Waals surface area (Å²) in [5, 5.41) is 33.5. The number of carboxylic acids is 1. The number of nitrogens with two attached hydrogens (primary N) is 2. The van der Waals surface area contributed by atoms with Crippen LogP contribution in [0.25, 0.3) is 0 Å². The van der Waals surface area contributed by atoms with E-state index in [4.69, 9.17) is 21.7 Å². The smallest absolute Gasteiger partial charge is 0.328 e. The summed E-state index contributed by atoms with van der Waals surface area (Å²) in [7, 11) is 0. The van der Waals surface area contributed by atoms with Gasteiger partial charge in [0.25, 0.3) is 0 Å². The molecule has 0 saturated heterocycles. The maximum atomic E-state index is 12.3. The second-order valence-corrected chi connectivity index (χ2v) is 6.05. The molecule has 28 heavy (non-hydrogen) atoms. The molecule has 0 spiro atoms. The van der Waals surface area contributed by atoms with Crippen LogP contribution in [0.1, 0.15) is 12.8 Å². The standard InChI is InChI=1S/C14H25N5O8S/c15-6(5-28)11(23)18-8(3-20)13(25)17-7(1-2-10(16)22)12(24)19-9(4-21)14(26)27/h6-9,20-21,28H,1-5,15H2,(H2,16,22)(H,17,25)(H,18,23)(H,19,24)(H,26,27). The van der Waals surface area contributed by atoms with Gasteiger partial charge in [0, 0.05) is 12.2 Å². The molecule has 4 unspecified atom stereocenters. The second kappa shape index (κ2) is 12.9. The van der Waals surface area contributed by atoms with E-state index in [2.05, 4.69) is 23.3 Å². The molecule has 0 fully saturated rings. The summed E-state index contributed by atoms with van der Waals surface area (Å²) in [5.74, 6) is -5.08. The molecule has 0 aromatic heterocycles. The van der Waals surface area contributed by atoms with Gasteiger partial charge in [-0.1, -0.05) is 0 Å². The van der Waals surface area contributed by atoms with Crippen molar-refractivity contribution in [2.45, 2.75) is 37.0 Å². The Morgan fingerprint density at radius 1 is 0.857 bits per heavy atom. The van der Waals surface area contributed by atoms with E-state index in [0.29, 0.717) is 0 Å². The van der Waals surface area contributed by atoms with Crippen LogP contribution < -0.4 is 27.4 Å². The maximum Gasteiger partial charge on any atom is 0.328 e. The maximum absolute atomic E-state index is 12.3. The fourth-order valence-corrected chi connectivity index (χ4v) is 2.01. The highest BCUT2D eigenvalue weighted by atomic mass is 32.1. The average molecular weight is 423 g/mol. The molecule has 0 aromatic rings. The lowest BCUT2D eigenvalue weighted by molar-refractivity contribution is -0.143. The van der Waals surface area contributed by atoms with Crippen LogP contribution in [-0.2, 0) is 24.0 Å². The zero-order valence-corrected chi connectivity index (χ0v) is 15.7.